The van der Waals surface area contributed by atoms with E-state index >= 15 is 0 Å². The van der Waals surface area contributed by atoms with Crippen molar-refractivity contribution in [2.45, 2.75) is 33.2 Å². The number of aryl methyl sites for hydroxylation is 2. The van der Waals surface area contributed by atoms with Gasteiger partial charge in [0, 0.05) is 12.8 Å². The monoisotopic (exact) mass is 377 g/mol. The Kier molecular flexibility index (Phi) is 6.26. The normalized spacial score (nSPS) is 12.0. The number of nitrogens with one attached hydrogen (secondary N) is 1. The minimum Gasteiger partial charge on any atom is -0.383 e. The molecule has 1 amide bonds. The Balaban J connectivity index is 1.83. The molecular weight excluding hydrogens is 350 g/mol. The van der Waals surface area contributed by atoms with Crippen LogP contribution in [0.1, 0.15) is 35.0 Å². The fourth-order valence-corrected chi connectivity index (χ4v) is 3.35. The summed E-state index contributed by atoms with van der Waals surface area (Å²) in [4.78, 5) is 16.9. The molecule has 0 spiro atoms. The minimum atomic E-state index is -0.153. The molecule has 5 heteroatoms. The number of ether oxygens (including phenoxy) is 1. The Bertz CT molecular complexity index is 924. The van der Waals surface area contributed by atoms with Crippen molar-refractivity contribution in [1.29, 1.82) is 0 Å². The molecule has 0 aliphatic rings. The number of hydrogen-bond acceptors (Lipinski definition) is 3. The number of benzene rings is 2. The quantitative estimate of drug-likeness (QED) is 0.667. The van der Waals surface area contributed by atoms with Gasteiger partial charge in [0.25, 0.3) is 5.91 Å². The number of carbonyl (C=O) groups is 1. The molecule has 0 aliphatic heterocycles. The molecule has 0 bridgehead atoms. The van der Waals surface area contributed by atoms with Gasteiger partial charge in [0.2, 0.25) is 0 Å². The van der Waals surface area contributed by atoms with Gasteiger partial charge in [-0.2, -0.15) is 0 Å². The van der Waals surface area contributed by atoms with Gasteiger partial charge in [0.05, 0.1) is 25.2 Å². The highest BCUT2D eigenvalue weighted by Crippen LogP contribution is 2.24. The van der Waals surface area contributed by atoms with Crippen LogP contribution in [0.4, 0.5) is 0 Å². The van der Waals surface area contributed by atoms with Crippen molar-refractivity contribution in [2.24, 2.45) is 0 Å². The molecule has 1 atom stereocenters. The van der Waals surface area contributed by atoms with Crippen molar-refractivity contribution in [3.8, 4) is 16.8 Å². The SMILES string of the molecule is CC[C@@H](COC)NC(=O)c1cncn1-c1ccc(-c2cc(C)cc(C)c2)cc1. The van der Waals surface area contributed by atoms with Crippen LogP contribution in [-0.2, 0) is 4.74 Å². The minimum absolute atomic E-state index is 0.0206. The lowest BCUT2D eigenvalue weighted by Gasteiger charge is -2.16. The molecular formula is C23H27N3O2. The Labute approximate surface area is 166 Å². The van der Waals surface area contributed by atoms with Crippen LogP contribution in [-0.4, -0.2) is 35.2 Å². The van der Waals surface area contributed by atoms with E-state index in [1.165, 1.54) is 16.7 Å². The average molecular weight is 377 g/mol. The zero-order valence-corrected chi connectivity index (χ0v) is 16.9. The molecule has 146 valence electrons. The second-order valence-electron chi connectivity index (χ2n) is 7.11. The molecule has 3 rings (SSSR count). The number of carbonyl (C=O) groups excluding carboxylic acids is 1. The van der Waals surface area contributed by atoms with Crippen LogP contribution in [0.3, 0.4) is 0 Å². The molecule has 0 saturated carbocycles. The molecule has 1 N–H and O–H groups in total. The summed E-state index contributed by atoms with van der Waals surface area (Å²) < 4.78 is 6.97. The van der Waals surface area contributed by atoms with Gasteiger partial charge in [0.1, 0.15) is 5.69 Å². The Morgan fingerprint density at radius 2 is 1.79 bits per heavy atom. The van der Waals surface area contributed by atoms with Crippen molar-refractivity contribution in [3.63, 3.8) is 0 Å². The smallest absolute Gasteiger partial charge is 0.270 e. The van der Waals surface area contributed by atoms with Gasteiger partial charge in [-0.3, -0.25) is 9.36 Å². The summed E-state index contributed by atoms with van der Waals surface area (Å²) in [6.45, 7) is 6.72. The number of methoxy groups -OCH3 is 1. The highest BCUT2D eigenvalue weighted by atomic mass is 16.5. The number of amides is 1. The van der Waals surface area contributed by atoms with Gasteiger partial charge in [0.15, 0.2) is 0 Å². The molecule has 2 aromatic carbocycles. The zero-order chi connectivity index (χ0) is 20.1. The standard InChI is InChI=1S/C23H27N3O2/c1-5-20(14-28-4)25-23(27)22-13-24-15-26(22)21-8-6-18(7-9-21)19-11-16(2)10-17(3)12-19/h6-13,15,20H,5,14H2,1-4H3,(H,25,27)/t20-/m0/s1. The predicted octanol–water partition coefficient (Wildman–Crippen LogP) is 4.31. The van der Waals surface area contributed by atoms with Crippen LogP contribution in [0, 0.1) is 13.8 Å². The van der Waals surface area contributed by atoms with Crippen LogP contribution in [0.15, 0.2) is 55.0 Å². The molecule has 0 unspecified atom stereocenters. The van der Waals surface area contributed by atoms with E-state index in [4.69, 9.17) is 4.74 Å². The van der Waals surface area contributed by atoms with Gasteiger partial charge in [-0.25, -0.2) is 4.98 Å². The van der Waals surface area contributed by atoms with Gasteiger partial charge in [-0.15, -0.1) is 0 Å². The van der Waals surface area contributed by atoms with Gasteiger partial charge >= 0.3 is 0 Å². The van der Waals surface area contributed by atoms with Gasteiger partial charge in [-0.05, 0) is 43.5 Å². The molecule has 5 nitrogen and oxygen atoms in total. The molecule has 0 aliphatic carbocycles. The Morgan fingerprint density at radius 1 is 1.11 bits per heavy atom. The lowest BCUT2D eigenvalue weighted by Crippen LogP contribution is -2.38. The second kappa shape index (κ2) is 8.85. The van der Waals surface area contributed by atoms with Crippen LogP contribution in [0.2, 0.25) is 0 Å². The topological polar surface area (TPSA) is 56.1 Å². The molecule has 0 radical (unpaired) electrons. The summed E-state index contributed by atoms with van der Waals surface area (Å²) in [6.07, 6.45) is 4.06. The fraction of sp³-hybridized carbons (Fsp3) is 0.304. The lowest BCUT2D eigenvalue weighted by atomic mass is 10.0. The number of nitrogens with zero attached hydrogens (tertiary/aromatic N) is 2. The van der Waals surface area contributed by atoms with Crippen molar-refractivity contribution >= 4 is 5.91 Å². The van der Waals surface area contributed by atoms with Gasteiger partial charge in [-0.1, -0.05) is 48.4 Å². The van der Waals surface area contributed by atoms with Crippen LogP contribution in [0.5, 0.6) is 0 Å². The van der Waals surface area contributed by atoms with Crippen LogP contribution < -0.4 is 5.32 Å². The predicted molar refractivity (Wildman–Crippen MR) is 112 cm³/mol. The average Bonchev–Trinajstić information content (AvgIpc) is 3.17. The van der Waals surface area contributed by atoms with E-state index in [2.05, 4.69) is 54.5 Å². The molecule has 28 heavy (non-hydrogen) atoms. The maximum atomic E-state index is 12.7. The van der Waals surface area contributed by atoms with E-state index in [0.717, 1.165) is 17.7 Å². The highest BCUT2D eigenvalue weighted by molar-refractivity contribution is 5.93. The summed E-state index contributed by atoms with van der Waals surface area (Å²) in [5.41, 5.74) is 6.23. The van der Waals surface area contributed by atoms with Crippen molar-refractivity contribution in [2.75, 3.05) is 13.7 Å². The largest absolute Gasteiger partial charge is 0.383 e. The first-order valence-electron chi connectivity index (χ1n) is 9.53. The molecule has 1 aromatic heterocycles. The highest BCUT2D eigenvalue weighted by Gasteiger charge is 2.16. The second-order valence-corrected chi connectivity index (χ2v) is 7.11. The maximum absolute atomic E-state index is 12.7. The Morgan fingerprint density at radius 3 is 2.39 bits per heavy atom. The van der Waals surface area contributed by atoms with Gasteiger partial charge < -0.3 is 10.1 Å². The van der Waals surface area contributed by atoms with E-state index in [-0.39, 0.29) is 11.9 Å². The third-order valence-electron chi connectivity index (χ3n) is 4.77. The summed E-state index contributed by atoms with van der Waals surface area (Å²) >= 11 is 0. The third kappa shape index (κ3) is 4.49. The summed E-state index contributed by atoms with van der Waals surface area (Å²) in [5.74, 6) is -0.153. The van der Waals surface area contributed by atoms with Crippen molar-refractivity contribution in [1.82, 2.24) is 14.9 Å². The maximum Gasteiger partial charge on any atom is 0.270 e. The summed E-state index contributed by atoms with van der Waals surface area (Å²) in [7, 11) is 1.64. The number of imidazole rings is 1. The first-order valence-corrected chi connectivity index (χ1v) is 9.53. The first-order chi connectivity index (χ1) is 13.5. The summed E-state index contributed by atoms with van der Waals surface area (Å²) in [6, 6.07) is 14.7. The van der Waals surface area contributed by atoms with Crippen LogP contribution in [0.25, 0.3) is 16.8 Å². The first kappa shape index (κ1) is 19.8. The van der Waals surface area contributed by atoms with Crippen molar-refractivity contribution < 1.29 is 9.53 Å². The summed E-state index contributed by atoms with van der Waals surface area (Å²) in [5, 5.41) is 3.01. The molecule has 1 heterocycles. The van der Waals surface area contributed by atoms with Crippen LogP contribution >= 0.6 is 0 Å². The number of hydrogen-bond donors (Lipinski definition) is 1. The molecule has 0 fully saturated rings. The number of aromatic nitrogens is 2. The Hall–Kier alpha value is -2.92. The molecule has 0 saturated heterocycles. The van der Waals surface area contributed by atoms with E-state index < -0.39 is 0 Å². The van der Waals surface area contributed by atoms with E-state index in [1.54, 1.807) is 24.2 Å². The molecule has 3 aromatic rings. The van der Waals surface area contributed by atoms with E-state index in [1.807, 2.05) is 19.1 Å². The van der Waals surface area contributed by atoms with E-state index in [9.17, 15) is 4.79 Å². The zero-order valence-electron chi connectivity index (χ0n) is 16.9. The van der Waals surface area contributed by atoms with Crippen molar-refractivity contribution in [3.05, 3.63) is 71.8 Å². The number of rotatable bonds is 7. The fourth-order valence-electron chi connectivity index (χ4n) is 3.35. The van der Waals surface area contributed by atoms with E-state index in [0.29, 0.717) is 12.3 Å². The lowest BCUT2D eigenvalue weighted by molar-refractivity contribution is 0.0888. The third-order valence-corrected chi connectivity index (χ3v) is 4.77.